The molecule has 4 atom stereocenters. The molecule has 2 fully saturated rings. The van der Waals surface area contributed by atoms with Crippen molar-refractivity contribution in [2.24, 2.45) is 22.3 Å². The van der Waals surface area contributed by atoms with Gasteiger partial charge in [0, 0.05) is 0 Å². The third-order valence-electron chi connectivity index (χ3n) is 11.1. The summed E-state index contributed by atoms with van der Waals surface area (Å²) in [5.41, 5.74) is 16.7. The molecule has 0 heterocycles. The predicted molar refractivity (Wildman–Crippen MR) is 293 cm³/mol. The van der Waals surface area contributed by atoms with Gasteiger partial charge in [0.2, 0.25) is 20.0 Å². The predicted octanol–water partition coefficient (Wildman–Crippen LogP) is 13.3. The summed E-state index contributed by atoms with van der Waals surface area (Å²) in [4.78, 5) is 0. The van der Waals surface area contributed by atoms with Crippen LogP contribution in [0.15, 0.2) is 121 Å². The van der Waals surface area contributed by atoms with E-state index in [9.17, 15) is 16.8 Å². The van der Waals surface area contributed by atoms with Gasteiger partial charge in [-0.15, -0.1) is 24.8 Å². The van der Waals surface area contributed by atoms with Crippen LogP contribution in [0.4, 0.5) is 0 Å². The molecular weight excluding hydrogens is 1220 g/mol. The summed E-state index contributed by atoms with van der Waals surface area (Å²) in [6, 6.07) is 36.2. The Bertz CT molecular complexity index is 2030. The number of halogens is 6. The number of hydrogen-bond acceptors (Lipinski definition) is 6. The molecule has 18 heteroatoms. The first-order valence-corrected chi connectivity index (χ1v) is 34.1. The summed E-state index contributed by atoms with van der Waals surface area (Å²) in [6.45, 7) is 13.0. The summed E-state index contributed by atoms with van der Waals surface area (Å²) in [7, 11) is 12.3. The Hall–Kier alpha value is -0.393. The van der Waals surface area contributed by atoms with Gasteiger partial charge in [0.05, 0.1) is 35.7 Å². The summed E-state index contributed by atoms with van der Waals surface area (Å²) in [5, 5.41) is 0. The Morgan fingerprint density at radius 1 is 0.500 bits per heavy atom. The first-order valence-electron chi connectivity index (χ1n) is 21.9. The van der Waals surface area contributed by atoms with E-state index < -0.39 is 44.2 Å². The van der Waals surface area contributed by atoms with Crippen molar-refractivity contribution >= 4 is 83.6 Å². The molecule has 0 spiro atoms. The van der Waals surface area contributed by atoms with Crippen molar-refractivity contribution in [1.29, 1.82) is 0 Å². The van der Waals surface area contributed by atoms with E-state index in [1.165, 1.54) is 11.8 Å². The van der Waals surface area contributed by atoms with Crippen LogP contribution in [0.25, 0.3) is 0 Å². The monoisotopic (exact) mass is 1290 g/mol. The van der Waals surface area contributed by atoms with Crippen LogP contribution in [0.1, 0.15) is 107 Å². The van der Waals surface area contributed by atoms with Crippen molar-refractivity contribution in [3.05, 3.63) is 212 Å². The number of nitrogens with two attached hydrogens (primary N) is 2. The van der Waals surface area contributed by atoms with Crippen molar-refractivity contribution in [3.8, 4) is 0 Å². The van der Waals surface area contributed by atoms with E-state index in [2.05, 4.69) is 83.1 Å². The molecule has 0 aliphatic heterocycles. The topological polar surface area (TPSA) is 144 Å². The quantitative estimate of drug-likeness (QED) is 0.0823. The Kier molecular flexibility index (Phi) is 33.1. The first kappa shape index (κ1) is 67.6. The van der Waals surface area contributed by atoms with Gasteiger partial charge in [0.1, 0.15) is 0 Å². The fourth-order valence-corrected chi connectivity index (χ4v) is 9.88. The normalized spacial score (nSPS) is 17.1. The van der Waals surface area contributed by atoms with Crippen LogP contribution in [-0.2, 0) is 50.3 Å². The van der Waals surface area contributed by atoms with Crippen LogP contribution in [0.2, 0.25) is 0 Å². The number of benzene rings is 4. The Labute approximate surface area is 466 Å². The molecule has 0 aromatic heterocycles. The molecule has 4 aromatic rings. The summed E-state index contributed by atoms with van der Waals surface area (Å²) in [6.07, 6.45) is 16.3. The van der Waals surface area contributed by atoms with Crippen LogP contribution < -0.4 is 20.9 Å². The van der Waals surface area contributed by atoms with E-state index in [4.69, 9.17) is 50.2 Å². The van der Waals surface area contributed by atoms with Crippen LogP contribution >= 0.6 is 63.6 Å². The second-order valence-electron chi connectivity index (χ2n) is 18.2. The number of hydrogen-bond donors (Lipinski definition) is 4. The number of nitrogens with one attached hydrogen (secondary N) is 2. The maximum absolute atomic E-state index is 13.0. The van der Waals surface area contributed by atoms with E-state index in [1.807, 2.05) is 134 Å². The zero-order valence-electron chi connectivity index (χ0n) is 40.1. The molecule has 70 heavy (non-hydrogen) atoms. The fourth-order valence-electron chi connectivity index (χ4n) is 7.27. The fraction of sp³-hybridized carbons (Fsp3) is 0.327. The van der Waals surface area contributed by atoms with Gasteiger partial charge in [-0.05, 0) is 121 Å². The van der Waals surface area contributed by atoms with E-state index in [-0.39, 0.29) is 77.4 Å². The molecule has 2 saturated carbocycles. The third kappa shape index (κ3) is 25.0. The van der Waals surface area contributed by atoms with Gasteiger partial charge >= 0.3 is 69.1 Å². The SMILES string of the molecule is CC(C)(C)[C]1[CH][CH][C](CCS(=O)(=O)N[C@H](c2ccccc2)[C@H](N)c2ccccc2)C[CH]1.CC(C)(C)[C]1[CH][CH][C](CCS(=O)(=O)N[C@H](c2ccccc2)[C@H](N)c2ccccc2)[CH][CH]1.Cl.Cl.[Cl][Ru][Cl].[Cl][Ru][Cl]. The molecule has 2 aliphatic rings. The average molecular weight is 1290 g/mol. The van der Waals surface area contributed by atoms with Crippen LogP contribution in [-0.4, -0.2) is 28.3 Å². The van der Waals surface area contributed by atoms with Crippen LogP contribution in [0, 0.1) is 79.4 Å². The van der Waals surface area contributed by atoms with Gasteiger partial charge < -0.3 is 11.5 Å². The van der Waals surface area contributed by atoms with Crippen molar-refractivity contribution in [2.75, 3.05) is 11.5 Å². The number of sulfonamides is 2. The zero-order chi connectivity index (χ0) is 50.4. The van der Waals surface area contributed by atoms with Crippen LogP contribution in [0.3, 0.4) is 0 Å². The molecule has 0 amide bonds. The molecule has 389 valence electrons. The minimum absolute atomic E-state index is 0. The van der Waals surface area contributed by atoms with Gasteiger partial charge in [-0.3, -0.25) is 0 Å². The molecule has 6 rings (SSSR count). The molecule has 4 aromatic carbocycles. The first-order chi connectivity index (χ1) is 32.1. The maximum atomic E-state index is 13.0. The van der Waals surface area contributed by atoms with E-state index in [1.54, 1.807) is 0 Å². The van der Waals surface area contributed by atoms with Gasteiger partial charge in [0.25, 0.3) is 0 Å². The second kappa shape index (κ2) is 34.3. The molecule has 6 N–H and O–H groups in total. The van der Waals surface area contributed by atoms with E-state index in [0.717, 1.165) is 40.5 Å². The summed E-state index contributed by atoms with van der Waals surface area (Å²) < 4.78 is 57.7. The van der Waals surface area contributed by atoms with E-state index in [0.29, 0.717) is 12.8 Å². The zero-order valence-corrected chi connectivity index (χ0v) is 49.8. The molecule has 8 nitrogen and oxygen atoms in total. The molecule has 0 unspecified atom stereocenters. The van der Waals surface area contributed by atoms with Crippen molar-refractivity contribution in [1.82, 2.24) is 9.44 Å². The second-order valence-corrected chi connectivity index (χ2v) is 27.2. The summed E-state index contributed by atoms with van der Waals surface area (Å²) in [5.74, 6) is 4.69. The van der Waals surface area contributed by atoms with Gasteiger partial charge in [-0.1, -0.05) is 163 Å². The van der Waals surface area contributed by atoms with Gasteiger partial charge in [-0.25, -0.2) is 26.3 Å². The van der Waals surface area contributed by atoms with Gasteiger partial charge in [-0.2, -0.15) is 0 Å². The average Bonchev–Trinajstić information content (AvgIpc) is 3.32. The Morgan fingerprint density at radius 3 is 1.13 bits per heavy atom. The van der Waals surface area contributed by atoms with E-state index >= 15 is 0 Å². The Balaban J connectivity index is 0.000000613. The van der Waals surface area contributed by atoms with Crippen LogP contribution in [0.5, 0.6) is 0 Å². The number of rotatable bonds is 16. The van der Waals surface area contributed by atoms with Crippen molar-refractivity contribution in [3.63, 3.8) is 0 Å². The summed E-state index contributed by atoms with van der Waals surface area (Å²) >= 11 is -0.691. The molecular formula is C52H67Cl6N4O4Ru2S2. The molecule has 11 radical (unpaired) electrons. The molecule has 0 saturated heterocycles. The Morgan fingerprint density at radius 2 is 0.814 bits per heavy atom. The molecule has 0 bridgehead atoms. The standard InChI is InChI=1S/C26H33N2O2S.C26H32N2O2S.6ClH.2Ru/c2*1-26(2,3)23-16-14-20(15-17-23)18-19-31(29,30)28-25(22-12-8-5-9-13-22)24(27)21-10-6-4-7-11-21;;;;;;;;/h4-14,16-17,24-25,28H,15,18-19,27H2,1-3H3;4-17,24-25,28H,18-19,27H2,1-3H3;6*1H;;/q;;;;;;;;2*+2/p-4/t2*24-,25-;;;;;;;;/m11......../s1. The minimum atomic E-state index is -3.55. The third-order valence-corrected chi connectivity index (χ3v) is 13.8. The van der Waals surface area contributed by atoms with Crippen molar-refractivity contribution < 1.29 is 47.1 Å². The van der Waals surface area contributed by atoms with Gasteiger partial charge in [0.15, 0.2) is 0 Å². The van der Waals surface area contributed by atoms with Crippen molar-refractivity contribution in [2.45, 2.75) is 85.0 Å². The molecule has 2 aliphatic carbocycles.